The van der Waals surface area contributed by atoms with Crippen LogP contribution in [-0.4, -0.2) is 4.98 Å². The number of nitrogens with zero attached hydrogens (tertiary/aromatic N) is 1. The molecule has 3 aromatic carbocycles. The van der Waals surface area contributed by atoms with Gasteiger partial charge in [0.15, 0.2) is 0 Å². The molecule has 0 radical (unpaired) electrons. The van der Waals surface area contributed by atoms with Crippen molar-refractivity contribution in [1.29, 1.82) is 0 Å². The van der Waals surface area contributed by atoms with Crippen LogP contribution in [0.2, 0.25) is 0 Å². The van der Waals surface area contributed by atoms with Crippen LogP contribution in [0.25, 0.3) is 33.2 Å². The van der Waals surface area contributed by atoms with Crippen molar-refractivity contribution in [2.75, 3.05) is 0 Å². The second-order valence-electron chi connectivity index (χ2n) is 10.7. The van der Waals surface area contributed by atoms with Gasteiger partial charge in [-0.15, -0.1) is 0 Å². The molecule has 0 N–H and O–H groups in total. The summed E-state index contributed by atoms with van der Waals surface area (Å²) in [6, 6.07) is 20.9. The molecule has 1 fully saturated rings. The molecule has 0 spiro atoms. The molecule has 1 heteroatoms. The second-order valence-corrected chi connectivity index (χ2v) is 10.7. The van der Waals surface area contributed by atoms with Gasteiger partial charge in [0, 0.05) is 17.1 Å². The number of hydrogen-bond acceptors (Lipinski definition) is 1. The first-order valence-electron chi connectivity index (χ1n) is 12.7. The molecule has 4 aromatic rings. The quantitative estimate of drug-likeness (QED) is 0.277. The number of pyridine rings is 1. The minimum Gasteiger partial charge on any atom is -0.255 e. The summed E-state index contributed by atoms with van der Waals surface area (Å²) in [5, 5.41) is 2.74. The Morgan fingerprint density at radius 2 is 1.67 bits per heavy atom. The summed E-state index contributed by atoms with van der Waals surface area (Å²) < 4.78 is 0. The van der Waals surface area contributed by atoms with Gasteiger partial charge in [-0.3, -0.25) is 4.98 Å². The van der Waals surface area contributed by atoms with Gasteiger partial charge >= 0.3 is 0 Å². The summed E-state index contributed by atoms with van der Waals surface area (Å²) in [5.74, 6) is 1.35. The topological polar surface area (TPSA) is 12.9 Å². The van der Waals surface area contributed by atoms with E-state index in [1.54, 1.807) is 0 Å². The van der Waals surface area contributed by atoms with Crippen LogP contribution in [0.1, 0.15) is 73.3 Å². The molecule has 0 unspecified atom stereocenters. The van der Waals surface area contributed by atoms with Gasteiger partial charge in [0.25, 0.3) is 0 Å². The third-order valence-electron chi connectivity index (χ3n) is 7.77. The Kier molecular flexibility index (Phi) is 5.09. The third-order valence-corrected chi connectivity index (χ3v) is 7.77. The minimum atomic E-state index is 0.619. The summed E-state index contributed by atoms with van der Waals surface area (Å²) in [4.78, 5) is 5.14. The Balaban J connectivity index is 1.56. The van der Waals surface area contributed by atoms with Crippen molar-refractivity contribution < 1.29 is 0 Å². The molecule has 1 saturated carbocycles. The summed E-state index contributed by atoms with van der Waals surface area (Å²) >= 11 is 0. The predicted octanol–water partition coefficient (Wildman–Crippen LogP) is 8.64. The van der Waals surface area contributed by atoms with Crippen LogP contribution in [0.5, 0.6) is 0 Å². The Bertz CT molecular complexity index is 1350. The van der Waals surface area contributed by atoms with Crippen molar-refractivity contribution in [2.45, 2.75) is 65.2 Å². The van der Waals surface area contributed by atoms with Crippen LogP contribution in [0.3, 0.4) is 0 Å². The van der Waals surface area contributed by atoms with Crippen LogP contribution in [0, 0.1) is 12.8 Å². The zero-order valence-electron chi connectivity index (χ0n) is 20.1. The van der Waals surface area contributed by atoms with Gasteiger partial charge in [0.2, 0.25) is 0 Å². The average Bonchev–Trinajstić information content (AvgIpc) is 3.47. The second kappa shape index (κ2) is 8.13. The van der Waals surface area contributed by atoms with E-state index in [0.717, 1.165) is 24.5 Å². The van der Waals surface area contributed by atoms with Gasteiger partial charge in [-0.05, 0) is 94.8 Å². The van der Waals surface area contributed by atoms with Gasteiger partial charge in [-0.2, -0.15) is 0 Å². The maximum absolute atomic E-state index is 5.14. The van der Waals surface area contributed by atoms with Gasteiger partial charge in [-0.1, -0.05) is 75.2 Å². The molecule has 1 aromatic heterocycles. The number of rotatable bonds is 4. The molecular formula is C32H33N. The van der Waals surface area contributed by atoms with Crippen molar-refractivity contribution in [2.24, 2.45) is 5.92 Å². The SMILES string of the molecule is Cc1cc2c(c(-c3ncc(CC(C)C)c4cc(C5CCCC5)ccc34)c1)Cc1ccccc1-2. The van der Waals surface area contributed by atoms with Gasteiger partial charge < -0.3 is 0 Å². The first-order valence-corrected chi connectivity index (χ1v) is 12.7. The molecule has 0 saturated heterocycles. The average molecular weight is 432 g/mol. The molecule has 0 atom stereocenters. The molecule has 6 rings (SSSR count). The van der Waals surface area contributed by atoms with Crippen LogP contribution >= 0.6 is 0 Å². The lowest BCUT2D eigenvalue weighted by Gasteiger charge is -2.18. The molecule has 2 aliphatic rings. The largest absolute Gasteiger partial charge is 0.255 e. The lowest BCUT2D eigenvalue weighted by Crippen LogP contribution is -2.01. The molecular weight excluding hydrogens is 398 g/mol. The van der Waals surface area contributed by atoms with Crippen molar-refractivity contribution >= 4 is 10.8 Å². The maximum Gasteiger partial charge on any atom is 0.0783 e. The van der Waals surface area contributed by atoms with Gasteiger partial charge in [-0.25, -0.2) is 0 Å². The molecule has 1 nitrogen and oxygen atoms in total. The van der Waals surface area contributed by atoms with E-state index < -0.39 is 0 Å². The molecule has 33 heavy (non-hydrogen) atoms. The van der Waals surface area contributed by atoms with Crippen LogP contribution in [0.4, 0.5) is 0 Å². The number of aryl methyl sites for hydroxylation is 1. The van der Waals surface area contributed by atoms with E-state index in [1.807, 2.05) is 0 Å². The first kappa shape index (κ1) is 20.7. The minimum absolute atomic E-state index is 0.619. The van der Waals surface area contributed by atoms with E-state index >= 15 is 0 Å². The Morgan fingerprint density at radius 3 is 2.48 bits per heavy atom. The zero-order valence-corrected chi connectivity index (χ0v) is 20.1. The fourth-order valence-corrected chi connectivity index (χ4v) is 6.23. The highest BCUT2D eigenvalue weighted by Crippen LogP contribution is 2.44. The Hall–Kier alpha value is -2.93. The highest BCUT2D eigenvalue weighted by atomic mass is 14.7. The van der Waals surface area contributed by atoms with E-state index in [1.165, 1.54) is 81.0 Å². The fraction of sp³-hybridized carbons (Fsp3) is 0.344. The summed E-state index contributed by atoms with van der Waals surface area (Å²) in [5.41, 5.74) is 12.4. The molecule has 166 valence electrons. The van der Waals surface area contributed by atoms with E-state index in [-0.39, 0.29) is 0 Å². The summed E-state index contributed by atoms with van der Waals surface area (Å²) in [7, 11) is 0. The monoisotopic (exact) mass is 431 g/mol. The predicted molar refractivity (Wildman–Crippen MR) is 140 cm³/mol. The summed E-state index contributed by atoms with van der Waals surface area (Å²) in [6.45, 7) is 6.84. The van der Waals surface area contributed by atoms with E-state index in [0.29, 0.717) is 5.92 Å². The highest BCUT2D eigenvalue weighted by molar-refractivity contribution is 5.99. The van der Waals surface area contributed by atoms with E-state index in [4.69, 9.17) is 4.98 Å². The normalized spacial score (nSPS) is 15.4. The van der Waals surface area contributed by atoms with Crippen molar-refractivity contribution in [3.8, 4) is 22.4 Å². The zero-order chi connectivity index (χ0) is 22.5. The Morgan fingerprint density at radius 1 is 0.879 bits per heavy atom. The van der Waals surface area contributed by atoms with Crippen LogP contribution < -0.4 is 0 Å². The van der Waals surface area contributed by atoms with E-state index in [2.05, 4.69) is 81.6 Å². The highest BCUT2D eigenvalue weighted by Gasteiger charge is 2.24. The third kappa shape index (κ3) is 3.59. The summed E-state index contributed by atoms with van der Waals surface area (Å²) in [6.07, 6.45) is 9.68. The van der Waals surface area contributed by atoms with E-state index in [9.17, 15) is 0 Å². The van der Waals surface area contributed by atoms with Crippen molar-refractivity contribution in [1.82, 2.24) is 4.98 Å². The lowest BCUT2D eigenvalue weighted by molar-refractivity contribution is 0.648. The number of benzene rings is 3. The fourth-order valence-electron chi connectivity index (χ4n) is 6.23. The number of fused-ring (bicyclic) bond motifs is 4. The molecule has 0 aliphatic heterocycles. The lowest BCUT2D eigenvalue weighted by atomic mass is 9.89. The Labute approximate surface area is 197 Å². The number of hydrogen-bond donors (Lipinski definition) is 0. The van der Waals surface area contributed by atoms with Gasteiger partial charge in [0.05, 0.1) is 5.69 Å². The number of aromatic nitrogens is 1. The van der Waals surface area contributed by atoms with Crippen LogP contribution in [-0.2, 0) is 12.8 Å². The van der Waals surface area contributed by atoms with Gasteiger partial charge in [0.1, 0.15) is 0 Å². The standard InChI is InChI=1S/C32H33N/c1-20(2)14-25-19-33-32(27-13-12-23(17-28(25)27)22-8-4-5-9-22)31-16-21(3)15-29-26-11-7-6-10-24(26)18-30(29)31/h6-7,10-13,15-17,19-20,22H,4-5,8-9,14,18H2,1-3H3. The molecule has 1 heterocycles. The molecule has 0 bridgehead atoms. The smallest absolute Gasteiger partial charge is 0.0783 e. The van der Waals surface area contributed by atoms with Crippen LogP contribution in [0.15, 0.2) is 60.8 Å². The molecule has 0 amide bonds. The van der Waals surface area contributed by atoms with Crippen molar-refractivity contribution in [3.63, 3.8) is 0 Å². The first-order chi connectivity index (χ1) is 16.1. The van der Waals surface area contributed by atoms with Crippen molar-refractivity contribution in [3.05, 3.63) is 88.6 Å². The maximum atomic E-state index is 5.14. The molecule has 2 aliphatic carbocycles.